The molecule has 21 heavy (non-hydrogen) atoms. The molecule has 0 aliphatic rings. The zero-order chi connectivity index (χ0) is 16.2. The van der Waals surface area contributed by atoms with E-state index in [0.717, 1.165) is 0 Å². The van der Waals surface area contributed by atoms with Gasteiger partial charge in [-0.2, -0.15) is 0 Å². The molecular formula is C12H17ClN2O6. The molecule has 118 valence electrons. The molecule has 0 aliphatic heterocycles. The molecular weight excluding hydrogens is 304 g/mol. The second kappa shape index (κ2) is 7.53. The molecule has 0 bridgehead atoms. The number of nitrogens with two attached hydrogens (primary N) is 1. The number of nitrogens with zero attached hydrogens (tertiary/aromatic N) is 1. The van der Waals surface area contributed by atoms with Gasteiger partial charge in [0.05, 0.1) is 30.3 Å². The first-order valence-corrected chi connectivity index (χ1v) is 6.51. The SMILES string of the molecule is Nc1c(CC(O)CO)c(Cl)cc(CC(O)CO)c1[N+](=O)[O-]. The van der Waals surface area contributed by atoms with Crippen LogP contribution in [0.2, 0.25) is 5.02 Å². The molecule has 9 heteroatoms. The Morgan fingerprint density at radius 2 is 1.76 bits per heavy atom. The summed E-state index contributed by atoms with van der Waals surface area (Å²) in [6.45, 7) is -1.09. The first kappa shape index (κ1) is 17.6. The Morgan fingerprint density at radius 3 is 2.24 bits per heavy atom. The van der Waals surface area contributed by atoms with Crippen LogP contribution in [-0.4, -0.2) is 50.8 Å². The summed E-state index contributed by atoms with van der Waals surface area (Å²) in [5.41, 5.74) is 5.35. The van der Waals surface area contributed by atoms with Gasteiger partial charge in [-0.3, -0.25) is 10.1 Å². The number of hydrogen-bond donors (Lipinski definition) is 5. The van der Waals surface area contributed by atoms with Gasteiger partial charge in [-0.15, -0.1) is 0 Å². The first-order valence-electron chi connectivity index (χ1n) is 6.13. The smallest absolute Gasteiger partial charge is 0.295 e. The minimum atomic E-state index is -1.17. The molecule has 8 nitrogen and oxygen atoms in total. The number of benzene rings is 1. The van der Waals surface area contributed by atoms with Gasteiger partial charge < -0.3 is 26.2 Å². The van der Waals surface area contributed by atoms with Crippen LogP contribution >= 0.6 is 11.6 Å². The third kappa shape index (κ3) is 4.26. The number of halogens is 1. The van der Waals surface area contributed by atoms with Crippen LogP contribution in [0.1, 0.15) is 11.1 Å². The van der Waals surface area contributed by atoms with E-state index in [-0.39, 0.29) is 34.7 Å². The molecule has 0 heterocycles. The average Bonchev–Trinajstić information content (AvgIpc) is 2.42. The molecule has 6 N–H and O–H groups in total. The highest BCUT2D eigenvalue weighted by Gasteiger charge is 2.26. The molecule has 2 unspecified atom stereocenters. The van der Waals surface area contributed by atoms with E-state index in [4.69, 9.17) is 27.5 Å². The number of nitro groups is 1. The fourth-order valence-corrected chi connectivity index (χ4v) is 2.26. The van der Waals surface area contributed by atoms with Crippen molar-refractivity contribution in [2.75, 3.05) is 18.9 Å². The minimum absolute atomic E-state index is 0.0886. The summed E-state index contributed by atoms with van der Waals surface area (Å²) >= 11 is 6.00. The quantitative estimate of drug-likeness (QED) is 0.261. The third-order valence-electron chi connectivity index (χ3n) is 2.97. The van der Waals surface area contributed by atoms with Gasteiger partial charge >= 0.3 is 0 Å². The number of aliphatic hydroxyl groups excluding tert-OH is 4. The Hall–Kier alpha value is -1.45. The van der Waals surface area contributed by atoms with Crippen LogP contribution < -0.4 is 5.73 Å². The van der Waals surface area contributed by atoms with E-state index in [2.05, 4.69) is 0 Å². The van der Waals surface area contributed by atoms with E-state index in [9.17, 15) is 20.3 Å². The van der Waals surface area contributed by atoms with Gasteiger partial charge in [0, 0.05) is 29.0 Å². The molecule has 0 aromatic heterocycles. The van der Waals surface area contributed by atoms with Crippen molar-refractivity contribution in [3.63, 3.8) is 0 Å². The summed E-state index contributed by atoms with van der Waals surface area (Å²) in [6, 6.07) is 1.27. The largest absolute Gasteiger partial charge is 0.394 e. The van der Waals surface area contributed by atoms with Crippen LogP contribution in [0.25, 0.3) is 0 Å². The van der Waals surface area contributed by atoms with Crippen LogP contribution in [0.3, 0.4) is 0 Å². The molecule has 0 radical (unpaired) electrons. The van der Waals surface area contributed by atoms with Crippen molar-refractivity contribution in [1.29, 1.82) is 0 Å². The molecule has 0 spiro atoms. The second-order valence-corrected chi connectivity index (χ2v) is 5.00. The van der Waals surface area contributed by atoms with Crippen molar-refractivity contribution in [1.82, 2.24) is 0 Å². The maximum Gasteiger partial charge on any atom is 0.295 e. The first-order chi connectivity index (χ1) is 9.81. The van der Waals surface area contributed by atoms with Crippen LogP contribution in [-0.2, 0) is 12.8 Å². The number of nitrogen functional groups attached to an aromatic ring is 1. The Balaban J connectivity index is 3.33. The summed E-state index contributed by atoms with van der Waals surface area (Å²) < 4.78 is 0. The summed E-state index contributed by atoms with van der Waals surface area (Å²) in [5, 5.41) is 47.8. The van der Waals surface area contributed by atoms with Gasteiger partial charge in [0.25, 0.3) is 5.69 Å². The van der Waals surface area contributed by atoms with Crippen LogP contribution in [0.5, 0.6) is 0 Å². The topological polar surface area (TPSA) is 150 Å². The van der Waals surface area contributed by atoms with Crippen LogP contribution in [0.4, 0.5) is 11.4 Å². The fourth-order valence-electron chi connectivity index (χ4n) is 1.95. The summed E-state index contributed by atoms with van der Waals surface area (Å²) in [5.74, 6) is 0. The molecule has 0 amide bonds. The van der Waals surface area contributed by atoms with Crippen LogP contribution in [0, 0.1) is 10.1 Å². The number of hydrogen-bond acceptors (Lipinski definition) is 7. The Kier molecular flexibility index (Phi) is 6.31. The standard InChI is InChI=1S/C12H17ClN2O6/c13-10-2-6(1-7(18)4-16)12(15(20)21)11(14)9(10)3-8(19)5-17/h2,7-8,16-19H,1,3-5,14H2. The zero-order valence-electron chi connectivity index (χ0n) is 11.1. The molecule has 2 atom stereocenters. The highest BCUT2D eigenvalue weighted by Crippen LogP contribution is 2.36. The third-order valence-corrected chi connectivity index (χ3v) is 3.31. The fraction of sp³-hybridized carbons (Fsp3) is 0.500. The molecule has 0 saturated carbocycles. The highest BCUT2D eigenvalue weighted by molar-refractivity contribution is 6.32. The van der Waals surface area contributed by atoms with Crippen molar-refractivity contribution < 1.29 is 25.3 Å². The summed E-state index contributed by atoms with van der Waals surface area (Å²) in [7, 11) is 0. The predicted molar refractivity (Wildman–Crippen MR) is 76.1 cm³/mol. The van der Waals surface area contributed by atoms with E-state index in [1.165, 1.54) is 6.07 Å². The maximum absolute atomic E-state index is 11.2. The number of anilines is 1. The Morgan fingerprint density at radius 1 is 1.24 bits per heavy atom. The molecule has 0 fully saturated rings. The second-order valence-electron chi connectivity index (χ2n) is 4.60. The molecule has 1 aromatic carbocycles. The van der Waals surface area contributed by atoms with Gasteiger partial charge in [-0.05, 0) is 6.07 Å². The maximum atomic E-state index is 11.2. The zero-order valence-corrected chi connectivity index (χ0v) is 11.8. The normalized spacial score (nSPS) is 14.0. The molecule has 0 aliphatic carbocycles. The Labute approximate surface area is 125 Å². The summed E-state index contributed by atoms with van der Waals surface area (Å²) in [4.78, 5) is 10.4. The van der Waals surface area contributed by atoms with E-state index in [0.29, 0.717) is 0 Å². The summed E-state index contributed by atoms with van der Waals surface area (Å²) in [6.07, 6.45) is -2.63. The number of rotatable bonds is 7. The molecule has 1 aromatic rings. The average molecular weight is 321 g/mol. The van der Waals surface area contributed by atoms with Crippen LogP contribution in [0.15, 0.2) is 6.07 Å². The van der Waals surface area contributed by atoms with Crippen molar-refractivity contribution >= 4 is 23.0 Å². The van der Waals surface area contributed by atoms with Gasteiger partial charge in [0.2, 0.25) is 0 Å². The van der Waals surface area contributed by atoms with E-state index >= 15 is 0 Å². The van der Waals surface area contributed by atoms with Crippen molar-refractivity contribution in [2.24, 2.45) is 0 Å². The monoisotopic (exact) mass is 320 g/mol. The van der Waals surface area contributed by atoms with E-state index in [1.807, 2.05) is 0 Å². The van der Waals surface area contributed by atoms with Crippen molar-refractivity contribution in [3.8, 4) is 0 Å². The van der Waals surface area contributed by atoms with Gasteiger partial charge in [0.15, 0.2) is 0 Å². The lowest BCUT2D eigenvalue weighted by Crippen LogP contribution is -2.19. The number of aliphatic hydroxyl groups is 4. The van der Waals surface area contributed by atoms with Gasteiger partial charge in [-0.1, -0.05) is 11.6 Å². The minimum Gasteiger partial charge on any atom is -0.394 e. The molecule has 1 rings (SSSR count). The Bertz CT molecular complexity index is 525. The number of nitro benzene ring substituents is 1. The lowest BCUT2D eigenvalue weighted by atomic mass is 9.98. The van der Waals surface area contributed by atoms with E-state index in [1.54, 1.807) is 0 Å². The van der Waals surface area contributed by atoms with Crippen molar-refractivity contribution in [2.45, 2.75) is 25.0 Å². The van der Waals surface area contributed by atoms with Crippen molar-refractivity contribution in [3.05, 3.63) is 32.3 Å². The molecule has 0 saturated heterocycles. The predicted octanol–water partition coefficient (Wildman–Crippen LogP) is -0.378. The van der Waals surface area contributed by atoms with Gasteiger partial charge in [0.1, 0.15) is 5.69 Å². The lowest BCUT2D eigenvalue weighted by Gasteiger charge is -2.15. The van der Waals surface area contributed by atoms with E-state index < -0.39 is 36.0 Å². The highest BCUT2D eigenvalue weighted by atomic mass is 35.5. The lowest BCUT2D eigenvalue weighted by molar-refractivity contribution is -0.384. The van der Waals surface area contributed by atoms with Gasteiger partial charge in [-0.25, -0.2) is 0 Å².